The third-order valence-corrected chi connectivity index (χ3v) is 4.99. The van der Waals surface area contributed by atoms with Crippen molar-refractivity contribution in [3.8, 4) is 17.5 Å². The van der Waals surface area contributed by atoms with Gasteiger partial charge in [0.15, 0.2) is 5.69 Å². The summed E-state index contributed by atoms with van der Waals surface area (Å²) in [6, 6.07) is 9.80. The summed E-state index contributed by atoms with van der Waals surface area (Å²) in [5.41, 5.74) is 4.07. The van der Waals surface area contributed by atoms with Crippen LogP contribution in [0.5, 0.6) is 5.75 Å². The van der Waals surface area contributed by atoms with Gasteiger partial charge in [0.05, 0.1) is 24.1 Å². The molecular formula is C20H17N7O. The number of aryl methyl sites for hydroxylation is 2. The van der Waals surface area contributed by atoms with E-state index in [1.54, 1.807) is 10.9 Å². The van der Waals surface area contributed by atoms with Gasteiger partial charge in [-0.15, -0.1) is 5.10 Å². The lowest BCUT2D eigenvalue weighted by atomic mass is 9.94. The van der Waals surface area contributed by atoms with Crippen LogP contribution in [-0.2, 0) is 13.5 Å². The minimum atomic E-state index is -0.170. The van der Waals surface area contributed by atoms with Gasteiger partial charge in [0.1, 0.15) is 29.3 Å². The molecule has 1 aliphatic carbocycles. The lowest BCUT2D eigenvalue weighted by Crippen LogP contribution is -2.18. The zero-order chi connectivity index (χ0) is 19.1. The van der Waals surface area contributed by atoms with Crippen molar-refractivity contribution in [2.24, 2.45) is 7.05 Å². The first kappa shape index (κ1) is 16.4. The minimum absolute atomic E-state index is 0.170. The summed E-state index contributed by atoms with van der Waals surface area (Å²) in [6.07, 6.45) is 8.11. The van der Waals surface area contributed by atoms with Crippen molar-refractivity contribution in [2.45, 2.75) is 25.4 Å². The Labute approximate surface area is 161 Å². The van der Waals surface area contributed by atoms with Crippen LogP contribution in [-0.4, -0.2) is 29.8 Å². The molecule has 5 rings (SSSR count). The molecule has 0 saturated carbocycles. The zero-order valence-corrected chi connectivity index (χ0v) is 15.3. The summed E-state index contributed by atoms with van der Waals surface area (Å²) in [5, 5.41) is 27.0. The van der Waals surface area contributed by atoms with Gasteiger partial charge in [-0.3, -0.25) is 4.68 Å². The van der Waals surface area contributed by atoms with Gasteiger partial charge in [-0.25, -0.2) is 4.68 Å². The van der Waals surface area contributed by atoms with E-state index in [2.05, 4.69) is 26.5 Å². The van der Waals surface area contributed by atoms with Gasteiger partial charge in [0.25, 0.3) is 0 Å². The highest BCUT2D eigenvalue weighted by atomic mass is 16.5. The fraction of sp³-hybridized carbons (Fsp3) is 0.250. The number of nitriles is 1. The normalized spacial score (nSPS) is 15.9. The second kappa shape index (κ2) is 6.46. The summed E-state index contributed by atoms with van der Waals surface area (Å²) in [7, 11) is 1.88. The van der Waals surface area contributed by atoms with Crippen LogP contribution in [0, 0.1) is 11.3 Å². The van der Waals surface area contributed by atoms with Crippen LogP contribution in [0.1, 0.15) is 35.9 Å². The Hall–Kier alpha value is -3.73. The van der Waals surface area contributed by atoms with Gasteiger partial charge in [0.2, 0.25) is 0 Å². The smallest absolute Gasteiger partial charge is 0.163 e. The number of rotatable bonds is 3. The molecule has 0 spiro atoms. The molecule has 1 aromatic carbocycles. The lowest BCUT2D eigenvalue weighted by molar-refractivity contribution is 0.177. The molecule has 28 heavy (non-hydrogen) atoms. The molecule has 138 valence electrons. The summed E-state index contributed by atoms with van der Waals surface area (Å²) in [6.45, 7) is 0. The summed E-state index contributed by atoms with van der Waals surface area (Å²) in [5.74, 6) is 0.752. The molecule has 0 N–H and O–H groups in total. The lowest BCUT2D eigenvalue weighted by Gasteiger charge is -2.24. The Kier molecular flexibility index (Phi) is 3.79. The molecule has 8 nitrogen and oxygen atoms in total. The van der Waals surface area contributed by atoms with Crippen LogP contribution in [0.2, 0.25) is 0 Å². The molecule has 8 heteroatoms. The third kappa shape index (κ3) is 2.77. The second-order valence-electron chi connectivity index (χ2n) is 6.90. The van der Waals surface area contributed by atoms with Crippen molar-refractivity contribution >= 4 is 10.9 Å². The first-order valence-corrected chi connectivity index (χ1v) is 9.11. The Bertz CT molecular complexity index is 1220. The van der Waals surface area contributed by atoms with Gasteiger partial charge >= 0.3 is 0 Å². The zero-order valence-electron chi connectivity index (χ0n) is 15.3. The number of hydrogen-bond donors (Lipinski definition) is 0. The van der Waals surface area contributed by atoms with Crippen molar-refractivity contribution in [1.29, 1.82) is 5.26 Å². The number of nitrogens with zero attached hydrogens (tertiary/aromatic N) is 7. The molecule has 0 unspecified atom stereocenters. The highest BCUT2D eigenvalue weighted by Crippen LogP contribution is 2.33. The Balaban J connectivity index is 1.49. The van der Waals surface area contributed by atoms with Crippen molar-refractivity contribution in [2.75, 3.05) is 0 Å². The van der Waals surface area contributed by atoms with E-state index in [-0.39, 0.29) is 6.10 Å². The van der Waals surface area contributed by atoms with Crippen molar-refractivity contribution in [3.63, 3.8) is 0 Å². The van der Waals surface area contributed by atoms with Crippen LogP contribution in [0.15, 0.2) is 42.9 Å². The molecule has 1 atom stereocenters. The average Bonchev–Trinajstić information content (AvgIpc) is 3.33. The molecule has 3 heterocycles. The van der Waals surface area contributed by atoms with Gasteiger partial charge < -0.3 is 4.74 Å². The van der Waals surface area contributed by atoms with Crippen LogP contribution >= 0.6 is 0 Å². The summed E-state index contributed by atoms with van der Waals surface area (Å²) < 4.78 is 9.88. The molecule has 4 aromatic rings. The maximum absolute atomic E-state index is 9.04. The highest BCUT2D eigenvalue weighted by Gasteiger charge is 2.25. The predicted octanol–water partition coefficient (Wildman–Crippen LogP) is 2.88. The van der Waals surface area contributed by atoms with Crippen molar-refractivity contribution in [1.82, 2.24) is 29.8 Å². The Morgan fingerprint density at radius 2 is 2.11 bits per heavy atom. The molecule has 0 amide bonds. The monoisotopic (exact) mass is 371 g/mol. The van der Waals surface area contributed by atoms with Gasteiger partial charge in [-0.05, 0) is 43.0 Å². The largest absolute Gasteiger partial charge is 0.484 e. The number of ether oxygens (including phenoxy) is 1. The number of hydrogen-bond acceptors (Lipinski definition) is 6. The van der Waals surface area contributed by atoms with E-state index in [0.717, 1.165) is 52.9 Å². The van der Waals surface area contributed by atoms with Gasteiger partial charge in [0, 0.05) is 18.5 Å². The van der Waals surface area contributed by atoms with E-state index in [1.165, 1.54) is 0 Å². The van der Waals surface area contributed by atoms with E-state index >= 15 is 0 Å². The molecule has 0 saturated heterocycles. The van der Waals surface area contributed by atoms with Gasteiger partial charge in [-0.1, -0.05) is 0 Å². The Morgan fingerprint density at radius 3 is 2.93 bits per heavy atom. The number of fused-ring (bicyclic) bond motifs is 2. The predicted molar refractivity (Wildman–Crippen MR) is 101 cm³/mol. The first-order valence-electron chi connectivity index (χ1n) is 9.11. The van der Waals surface area contributed by atoms with E-state index in [4.69, 9.17) is 10.00 Å². The average molecular weight is 371 g/mol. The van der Waals surface area contributed by atoms with Crippen molar-refractivity contribution < 1.29 is 4.74 Å². The number of aromatic nitrogens is 6. The van der Waals surface area contributed by atoms with Crippen LogP contribution in [0.25, 0.3) is 16.6 Å². The maximum atomic E-state index is 9.04. The molecule has 0 bridgehead atoms. The third-order valence-electron chi connectivity index (χ3n) is 4.99. The van der Waals surface area contributed by atoms with E-state index in [0.29, 0.717) is 5.69 Å². The van der Waals surface area contributed by atoms with Crippen molar-refractivity contribution in [3.05, 3.63) is 59.8 Å². The molecule has 0 fully saturated rings. The fourth-order valence-corrected chi connectivity index (χ4v) is 3.65. The van der Waals surface area contributed by atoms with E-state index < -0.39 is 0 Å². The topological polar surface area (TPSA) is 94.4 Å². The molecule has 0 radical (unpaired) electrons. The maximum Gasteiger partial charge on any atom is 0.163 e. The summed E-state index contributed by atoms with van der Waals surface area (Å²) >= 11 is 0. The van der Waals surface area contributed by atoms with Crippen LogP contribution < -0.4 is 4.74 Å². The first-order chi connectivity index (χ1) is 13.7. The summed E-state index contributed by atoms with van der Waals surface area (Å²) in [4.78, 5) is 0. The highest BCUT2D eigenvalue weighted by molar-refractivity contribution is 5.81. The number of benzene rings is 1. The van der Waals surface area contributed by atoms with Crippen LogP contribution in [0.3, 0.4) is 0 Å². The van der Waals surface area contributed by atoms with Gasteiger partial charge in [-0.2, -0.15) is 20.6 Å². The minimum Gasteiger partial charge on any atom is -0.484 e. The standard InChI is InChI=1S/C20H17N7O/c1-26-12-16(11-22-26)27-18-8-17(6-5-14(18)10-23-27)28-19-4-2-3-13-7-15(9-21)24-25-20(13)19/h5-8,10-12,19H,2-4H2,1H3/t19-/m1/s1. The molecule has 0 aliphatic heterocycles. The molecular weight excluding hydrogens is 354 g/mol. The van der Waals surface area contributed by atoms with E-state index in [1.807, 2.05) is 48.4 Å². The van der Waals surface area contributed by atoms with Crippen LogP contribution in [0.4, 0.5) is 0 Å². The fourth-order valence-electron chi connectivity index (χ4n) is 3.65. The molecule has 3 aromatic heterocycles. The quantitative estimate of drug-likeness (QED) is 0.550. The van der Waals surface area contributed by atoms with E-state index in [9.17, 15) is 0 Å². The Morgan fingerprint density at radius 1 is 1.18 bits per heavy atom. The molecule has 1 aliphatic rings. The SMILES string of the molecule is Cn1cc(-n2ncc3ccc(O[C@@H]4CCCc5cc(C#N)nnc54)cc32)cn1. The second-order valence-corrected chi connectivity index (χ2v) is 6.90.